The molecule has 2 N–H and O–H groups in total. The van der Waals surface area contributed by atoms with E-state index < -0.39 is 0 Å². The fourth-order valence-electron chi connectivity index (χ4n) is 2.53. The van der Waals surface area contributed by atoms with Gasteiger partial charge in [-0.2, -0.15) is 0 Å². The van der Waals surface area contributed by atoms with E-state index in [0.717, 1.165) is 16.9 Å². The lowest BCUT2D eigenvalue weighted by Gasteiger charge is -2.20. The number of ether oxygens (including phenoxy) is 2. The maximum Gasteiger partial charge on any atom is 0.251 e. The summed E-state index contributed by atoms with van der Waals surface area (Å²) >= 11 is 0. The Morgan fingerprint density at radius 2 is 1.68 bits per heavy atom. The van der Waals surface area contributed by atoms with Crippen LogP contribution in [-0.2, 0) is 11.3 Å². The third-order valence-electron chi connectivity index (χ3n) is 3.92. The molecule has 3 rings (SSSR count). The lowest BCUT2D eigenvalue weighted by atomic mass is 10.1. The fourth-order valence-corrected chi connectivity index (χ4v) is 2.53. The summed E-state index contributed by atoms with van der Waals surface area (Å²) in [5.41, 5.74) is 2.49. The van der Waals surface area contributed by atoms with Crippen molar-refractivity contribution >= 4 is 11.8 Å². The predicted octanol–water partition coefficient (Wildman–Crippen LogP) is 1.81. The van der Waals surface area contributed by atoms with Crippen molar-refractivity contribution in [2.24, 2.45) is 0 Å². The van der Waals surface area contributed by atoms with Crippen LogP contribution in [0, 0.1) is 6.92 Å². The fraction of sp³-hybridized carbons (Fsp3) is 0.263. The zero-order valence-corrected chi connectivity index (χ0v) is 14.0. The van der Waals surface area contributed by atoms with E-state index in [1.807, 2.05) is 25.1 Å². The number of carbonyl (C=O) groups is 2. The van der Waals surface area contributed by atoms with E-state index in [1.54, 1.807) is 24.3 Å². The highest BCUT2D eigenvalue weighted by Crippen LogP contribution is 2.32. The van der Waals surface area contributed by atoms with E-state index in [1.165, 1.54) is 0 Å². The largest absolute Gasteiger partial charge is 0.486 e. The number of rotatable bonds is 5. The van der Waals surface area contributed by atoms with Gasteiger partial charge in [0.25, 0.3) is 5.91 Å². The number of amides is 2. The minimum Gasteiger partial charge on any atom is -0.486 e. The minimum atomic E-state index is -0.272. The summed E-state index contributed by atoms with van der Waals surface area (Å²) < 4.78 is 11.1. The van der Waals surface area contributed by atoms with Gasteiger partial charge in [-0.05, 0) is 42.3 Å². The second-order valence-corrected chi connectivity index (χ2v) is 5.75. The van der Waals surface area contributed by atoms with Crippen LogP contribution in [-0.4, -0.2) is 31.6 Å². The molecule has 0 bridgehead atoms. The molecular weight excluding hydrogens is 320 g/mol. The molecule has 0 fully saturated rings. The summed E-state index contributed by atoms with van der Waals surface area (Å²) in [6.07, 6.45) is 0. The van der Waals surface area contributed by atoms with Crippen LogP contribution >= 0.6 is 0 Å². The summed E-state index contributed by atoms with van der Waals surface area (Å²) in [6.45, 7) is 3.31. The van der Waals surface area contributed by atoms with Gasteiger partial charge in [0.05, 0.1) is 6.54 Å². The highest BCUT2D eigenvalue weighted by Gasteiger charge is 2.14. The summed E-state index contributed by atoms with van der Waals surface area (Å²) in [4.78, 5) is 23.9. The molecule has 2 amide bonds. The number of nitrogens with one attached hydrogen (secondary N) is 2. The molecule has 0 aliphatic carbocycles. The molecule has 2 aromatic carbocycles. The van der Waals surface area contributed by atoms with Gasteiger partial charge in [0.1, 0.15) is 13.2 Å². The average Bonchev–Trinajstić information content (AvgIpc) is 2.65. The quantitative estimate of drug-likeness (QED) is 0.870. The third kappa shape index (κ3) is 4.29. The molecule has 0 radical (unpaired) electrons. The van der Waals surface area contributed by atoms with E-state index in [9.17, 15) is 9.59 Å². The Bertz CT molecular complexity index is 774. The minimum absolute atomic E-state index is 0.0721. The summed E-state index contributed by atoms with van der Waals surface area (Å²) in [5.74, 6) is 0.900. The van der Waals surface area contributed by atoms with Crippen molar-refractivity contribution in [3.8, 4) is 11.5 Å². The van der Waals surface area contributed by atoms with Crippen LogP contribution in [0.15, 0.2) is 42.5 Å². The van der Waals surface area contributed by atoms with Gasteiger partial charge in [-0.1, -0.05) is 18.2 Å². The average molecular weight is 340 g/mol. The molecule has 0 spiro atoms. The molecule has 1 aliphatic rings. The van der Waals surface area contributed by atoms with Crippen molar-refractivity contribution in [3.63, 3.8) is 0 Å². The molecule has 0 atom stereocenters. The van der Waals surface area contributed by atoms with Crippen molar-refractivity contribution in [3.05, 3.63) is 59.2 Å². The Morgan fingerprint density at radius 3 is 2.40 bits per heavy atom. The third-order valence-corrected chi connectivity index (χ3v) is 3.92. The van der Waals surface area contributed by atoms with Crippen LogP contribution in [0.1, 0.15) is 21.5 Å². The molecule has 0 aromatic heterocycles. The van der Waals surface area contributed by atoms with Crippen molar-refractivity contribution in [2.75, 3.05) is 19.8 Å². The molecule has 0 saturated carbocycles. The first-order valence-corrected chi connectivity index (χ1v) is 8.12. The summed E-state index contributed by atoms with van der Waals surface area (Å²) in [5, 5.41) is 5.41. The van der Waals surface area contributed by atoms with Crippen LogP contribution in [0.5, 0.6) is 11.5 Å². The van der Waals surface area contributed by atoms with Crippen molar-refractivity contribution in [2.45, 2.75) is 13.5 Å². The lowest BCUT2D eigenvalue weighted by molar-refractivity contribution is -0.120. The van der Waals surface area contributed by atoms with Gasteiger partial charge < -0.3 is 20.1 Å². The molecule has 0 saturated heterocycles. The number of aryl methyl sites for hydroxylation is 1. The normalized spacial score (nSPS) is 12.4. The number of hydrogen-bond acceptors (Lipinski definition) is 4. The second kappa shape index (κ2) is 7.70. The van der Waals surface area contributed by atoms with E-state index >= 15 is 0 Å². The Balaban J connectivity index is 1.51. The second-order valence-electron chi connectivity index (χ2n) is 5.75. The monoisotopic (exact) mass is 340 g/mol. The number of carbonyl (C=O) groups excluding carboxylic acids is 2. The predicted molar refractivity (Wildman–Crippen MR) is 92.8 cm³/mol. The lowest BCUT2D eigenvalue weighted by Crippen LogP contribution is -2.36. The molecule has 25 heavy (non-hydrogen) atoms. The van der Waals surface area contributed by atoms with E-state index in [-0.39, 0.29) is 18.4 Å². The van der Waals surface area contributed by atoms with E-state index in [0.29, 0.717) is 31.1 Å². The molecule has 6 nitrogen and oxygen atoms in total. The Kier molecular flexibility index (Phi) is 5.18. The first-order chi connectivity index (χ1) is 12.1. The Labute approximate surface area is 146 Å². The topological polar surface area (TPSA) is 76.7 Å². The maximum absolute atomic E-state index is 12.0. The van der Waals surface area contributed by atoms with Gasteiger partial charge in [-0.25, -0.2) is 0 Å². The van der Waals surface area contributed by atoms with Crippen molar-refractivity contribution in [1.82, 2.24) is 10.6 Å². The van der Waals surface area contributed by atoms with Gasteiger partial charge in [-0.15, -0.1) is 0 Å². The smallest absolute Gasteiger partial charge is 0.251 e. The van der Waals surface area contributed by atoms with Crippen LogP contribution < -0.4 is 20.1 Å². The van der Waals surface area contributed by atoms with Gasteiger partial charge in [0.2, 0.25) is 5.91 Å². The van der Waals surface area contributed by atoms with E-state index in [2.05, 4.69) is 10.6 Å². The molecule has 6 heteroatoms. The molecular formula is C19H20N2O4. The van der Waals surface area contributed by atoms with Gasteiger partial charge in [0.15, 0.2) is 11.5 Å². The summed E-state index contributed by atoms with van der Waals surface area (Å²) in [6, 6.07) is 12.6. The molecule has 0 unspecified atom stereocenters. The molecule has 1 aliphatic heterocycles. The first kappa shape index (κ1) is 16.8. The summed E-state index contributed by atoms with van der Waals surface area (Å²) in [7, 11) is 0. The van der Waals surface area contributed by atoms with Crippen molar-refractivity contribution < 1.29 is 19.1 Å². The van der Waals surface area contributed by atoms with Gasteiger partial charge in [-0.3, -0.25) is 9.59 Å². The zero-order chi connectivity index (χ0) is 17.6. The van der Waals surface area contributed by atoms with Gasteiger partial charge in [0, 0.05) is 12.1 Å². The zero-order valence-electron chi connectivity index (χ0n) is 14.0. The molecule has 130 valence electrons. The van der Waals surface area contributed by atoms with Gasteiger partial charge >= 0.3 is 0 Å². The first-order valence-electron chi connectivity index (χ1n) is 8.12. The van der Waals surface area contributed by atoms with E-state index in [4.69, 9.17) is 9.47 Å². The van der Waals surface area contributed by atoms with Crippen LogP contribution in [0.2, 0.25) is 0 Å². The standard InChI is InChI=1S/C19H20N2O4/c1-13-9-16-17(25-8-7-24-16)10-15(13)11-20-18(22)12-21-19(23)14-5-3-2-4-6-14/h2-6,9-10H,7-8,11-12H2,1H3,(H,20,22)(H,21,23). The van der Waals surface area contributed by atoms with Crippen molar-refractivity contribution in [1.29, 1.82) is 0 Å². The molecule has 1 heterocycles. The van der Waals surface area contributed by atoms with Crippen LogP contribution in [0.25, 0.3) is 0 Å². The Hall–Kier alpha value is -3.02. The highest BCUT2D eigenvalue weighted by molar-refractivity contribution is 5.96. The number of hydrogen-bond donors (Lipinski definition) is 2. The molecule has 2 aromatic rings. The van der Waals surface area contributed by atoms with Crippen LogP contribution in [0.3, 0.4) is 0 Å². The van der Waals surface area contributed by atoms with Crippen LogP contribution in [0.4, 0.5) is 0 Å². The number of benzene rings is 2. The Morgan fingerprint density at radius 1 is 1.00 bits per heavy atom. The number of fused-ring (bicyclic) bond motifs is 1. The highest BCUT2D eigenvalue weighted by atomic mass is 16.6. The SMILES string of the molecule is Cc1cc2c(cc1CNC(=O)CNC(=O)c1ccccc1)OCCO2. The maximum atomic E-state index is 12.0.